The van der Waals surface area contributed by atoms with E-state index in [-0.39, 0.29) is 6.04 Å². The van der Waals surface area contributed by atoms with Gasteiger partial charge in [-0.25, -0.2) is 0 Å². The molecule has 0 aliphatic carbocycles. The average molecular weight is 298 g/mol. The van der Waals surface area contributed by atoms with Crippen LogP contribution in [0.4, 0.5) is 0 Å². The van der Waals surface area contributed by atoms with E-state index in [1.165, 1.54) is 32.4 Å². The fourth-order valence-corrected chi connectivity index (χ4v) is 2.73. The molecule has 5 heteroatoms. The third-order valence-corrected chi connectivity index (χ3v) is 3.72. The van der Waals surface area contributed by atoms with E-state index in [4.69, 9.17) is 9.73 Å². The molecule has 0 bridgehead atoms. The highest BCUT2D eigenvalue weighted by atomic mass is 16.5. The highest BCUT2D eigenvalue weighted by Crippen LogP contribution is 2.11. The molecule has 5 nitrogen and oxygen atoms in total. The van der Waals surface area contributed by atoms with Gasteiger partial charge in [0.25, 0.3) is 0 Å². The number of hydrogen-bond acceptors (Lipinski definition) is 3. The number of methoxy groups -OCH3 is 1. The molecule has 1 aliphatic rings. The number of aliphatic imine (C=N–C) groups is 1. The van der Waals surface area contributed by atoms with Crippen molar-refractivity contribution in [3.8, 4) is 0 Å². The Balaban J connectivity index is 2.36. The number of piperidine rings is 1. The molecule has 21 heavy (non-hydrogen) atoms. The Morgan fingerprint density at radius 2 is 1.95 bits per heavy atom. The van der Waals surface area contributed by atoms with Crippen LogP contribution in [0.5, 0.6) is 0 Å². The molecule has 0 aromatic heterocycles. The Morgan fingerprint density at radius 1 is 1.24 bits per heavy atom. The molecule has 2 unspecified atom stereocenters. The van der Waals surface area contributed by atoms with Crippen LogP contribution in [0, 0.1) is 5.92 Å². The van der Waals surface area contributed by atoms with Gasteiger partial charge in [-0.15, -0.1) is 0 Å². The Morgan fingerprint density at radius 3 is 2.57 bits per heavy atom. The summed E-state index contributed by atoms with van der Waals surface area (Å²) in [5.41, 5.74) is 0. The minimum atomic E-state index is 0.269. The molecule has 0 aromatic rings. The van der Waals surface area contributed by atoms with Gasteiger partial charge in [0.15, 0.2) is 5.96 Å². The van der Waals surface area contributed by atoms with Crippen LogP contribution in [-0.4, -0.2) is 63.3 Å². The van der Waals surface area contributed by atoms with E-state index in [0.29, 0.717) is 12.5 Å². The molecule has 2 N–H and O–H groups in total. The fourth-order valence-electron chi connectivity index (χ4n) is 2.73. The maximum absolute atomic E-state index is 5.16. The van der Waals surface area contributed by atoms with Crippen LogP contribution in [0.25, 0.3) is 0 Å². The smallest absolute Gasteiger partial charge is 0.191 e. The van der Waals surface area contributed by atoms with Crippen molar-refractivity contribution in [2.45, 2.75) is 46.1 Å². The fraction of sp³-hybridized carbons (Fsp3) is 0.938. The van der Waals surface area contributed by atoms with Crippen molar-refractivity contribution in [2.75, 3.05) is 46.4 Å². The van der Waals surface area contributed by atoms with Crippen molar-refractivity contribution in [3.63, 3.8) is 0 Å². The van der Waals surface area contributed by atoms with Crippen LogP contribution in [0.15, 0.2) is 4.99 Å². The van der Waals surface area contributed by atoms with E-state index >= 15 is 0 Å². The van der Waals surface area contributed by atoms with Crippen LogP contribution < -0.4 is 10.6 Å². The predicted molar refractivity (Wildman–Crippen MR) is 89.9 cm³/mol. The first-order valence-corrected chi connectivity index (χ1v) is 8.41. The van der Waals surface area contributed by atoms with Gasteiger partial charge in [-0.2, -0.15) is 0 Å². The van der Waals surface area contributed by atoms with E-state index in [1.54, 1.807) is 7.11 Å². The third kappa shape index (κ3) is 8.27. The molecule has 1 aliphatic heterocycles. The van der Waals surface area contributed by atoms with Crippen molar-refractivity contribution in [1.82, 2.24) is 15.5 Å². The molecule has 0 aromatic carbocycles. The second-order valence-corrected chi connectivity index (χ2v) is 6.19. The zero-order valence-corrected chi connectivity index (χ0v) is 14.3. The number of nitrogens with zero attached hydrogens (tertiary/aromatic N) is 2. The number of guanidine groups is 1. The van der Waals surface area contributed by atoms with Crippen molar-refractivity contribution in [3.05, 3.63) is 0 Å². The Bertz CT molecular complexity index is 290. The molecule has 0 spiro atoms. The molecule has 1 rings (SSSR count). The van der Waals surface area contributed by atoms with Gasteiger partial charge in [-0.1, -0.05) is 13.3 Å². The van der Waals surface area contributed by atoms with Gasteiger partial charge in [0, 0.05) is 32.8 Å². The van der Waals surface area contributed by atoms with Crippen molar-refractivity contribution >= 4 is 5.96 Å². The average Bonchev–Trinajstić information content (AvgIpc) is 2.46. The van der Waals surface area contributed by atoms with Crippen molar-refractivity contribution in [2.24, 2.45) is 10.9 Å². The lowest BCUT2D eigenvalue weighted by molar-refractivity contribution is 0.179. The number of ether oxygens (including phenoxy) is 1. The lowest BCUT2D eigenvalue weighted by Gasteiger charge is -2.28. The number of rotatable bonds is 8. The molecule has 1 fully saturated rings. The predicted octanol–water partition coefficient (Wildman–Crippen LogP) is 1.70. The molecule has 2 atom stereocenters. The van der Waals surface area contributed by atoms with E-state index in [9.17, 15) is 0 Å². The summed E-state index contributed by atoms with van der Waals surface area (Å²) in [5, 5.41) is 6.68. The molecular weight excluding hydrogens is 264 g/mol. The SMILES string of the molecule is CCNC(=NCC(C)CN1CCCCC1)NC(C)COC. The van der Waals surface area contributed by atoms with Gasteiger partial charge in [0.2, 0.25) is 0 Å². The Hall–Kier alpha value is -0.810. The first kappa shape index (κ1) is 18.2. The van der Waals surface area contributed by atoms with E-state index < -0.39 is 0 Å². The maximum atomic E-state index is 5.16. The maximum Gasteiger partial charge on any atom is 0.191 e. The van der Waals surface area contributed by atoms with E-state index in [0.717, 1.165) is 25.6 Å². The summed E-state index contributed by atoms with van der Waals surface area (Å²) in [6, 6.07) is 0.269. The molecule has 124 valence electrons. The summed E-state index contributed by atoms with van der Waals surface area (Å²) >= 11 is 0. The minimum Gasteiger partial charge on any atom is -0.383 e. The summed E-state index contributed by atoms with van der Waals surface area (Å²) in [5.74, 6) is 1.49. The first-order valence-electron chi connectivity index (χ1n) is 8.41. The standard InChI is InChI=1S/C16H34N4O/c1-5-17-16(19-15(3)13-21-4)18-11-14(2)12-20-9-7-6-8-10-20/h14-15H,5-13H2,1-4H3,(H2,17,18,19). The quantitative estimate of drug-likeness (QED) is 0.529. The molecular formula is C16H34N4O. The van der Waals surface area contributed by atoms with Gasteiger partial charge in [0.1, 0.15) is 0 Å². The van der Waals surface area contributed by atoms with Gasteiger partial charge < -0.3 is 20.3 Å². The topological polar surface area (TPSA) is 48.9 Å². The molecule has 1 saturated heterocycles. The molecule has 0 saturated carbocycles. The second kappa shape index (κ2) is 10.9. The van der Waals surface area contributed by atoms with Gasteiger partial charge in [0.05, 0.1) is 6.61 Å². The van der Waals surface area contributed by atoms with Crippen LogP contribution in [0.2, 0.25) is 0 Å². The first-order chi connectivity index (χ1) is 10.2. The van der Waals surface area contributed by atoms with E-state index in [2.05, 4.69) is 36.3 Å². The molecule has 1 heterocycles. The van der Waals surface area contributed by atoms with E-state index in [1.807, 2.05) is 0 Å². The summed E-state index contributed by atoms with van der Waals surface area (Å²) in [4.78, 5) is 7.29. The van der Waals surface area contributed by atoms with Crippen molar-refractivity contribution < 1.29 is 4.74 Å². The second-order valence-electron chi connectivity index (χ2n) is 6.19. The van der Waals surface area contributed by atoms with Gasteiger partial charge in [-0.3, -0.25) is 4.99 Å². The summed E-state index contributed by atoms with van der Waals surface area (Å²) < 4.78 is 5.16. The lowest BCUT2D eigenvalue weighted by Crippen LogP contribution is -2.44. The Labute approximate surface area is 130 Å². The molecule has 0 amide bonds. The van der Waals surface area contributed by atoms with Crippen LogP contribution in [-0.2, 0) is 4.74 Å². The Kier molecular flexibility index (Phi) is 9.42. The summed E-state index contributed by atoms with van der Waals surface area (Å²) in [6.07, 6.45) is 4.11. The number of likely N-dealkylation sites (tertiary alicyclic amines) is 1. The summed E-state index contributed by atoms with van der Waals surface area (Å²) in [7, 11) is 1.73. The monoisotopic (exact) mass is 298 g/mol. The molecule has 0 radical (unpaired) electrons. The number of nitrogens with one attached hydrogen (secondary N) is 2. The zero-order valence-electron chi connectivity index (χ0n) is 14.3. The van der Waals surface area contributed by atoms with Crippen LogP contribution in [0.1, 0.15) is 40.0 Å². The highest BCUT2D eigenvalue weighted by Gasteiger charge is 2.13. The van der Waals surface area contributed by atoms with Gasteiger partial charge >= 0.3 is 0 Å². The van der Waals surface area contributed by atoms with Crippen LogP contribution in [0.3, 0.4) is 0 Å². The van der Waals surface area contributed by atoms with Gasteiger partial charge in [-0.05, 0) is 45.7 Å². The van der Waals surface area contributed by atoms with Crippen LogP contribution >= 0.6 is 0 Å². The highest BCUT2D eigenvalue weighted by molar-refractivity contribution is 5.80. The largest absolute Gasteiger partial charge is 0.383 e. The van der Waals surface area contributed by atoms with Crippen molar-refractivity contribution in [1.29, 1.82) is 0 Å². The third-order valence-electron chi connectivity index (χ3n) is 3.72. The minimum absolute atomic E-state index is 0.269. The number of hydrogen-bond donors (Lipinski definition) is 2. The zero-order chi connectivity index (χ0) is 15.5. The summed E-state index contributed by atoms with van der Waals surface area (Å²) in [6.45, 7) is 12.6. The normalized spacial score (nSPS) is 20.1. The lowest BCUT2D eigenvalue weighted by atomic mass is 10.1.